The maximum atomic E-state index is 12.9. The highest BCUT2D eigenvalue weighted by atomic mass is 16.8. The van der Waals surface area contributed by atoms with E-state index < -0.39 is 124 Å². The Kier molecular flexibility index (Phi) is 39.2. The normalized spacial score (nSPS) is 30.5. The van der Waals surface area contributed by atoms with Crippen LogP contribution in [0.3, 0.4) is 0 Å². The van der Waals surface area contributed by atoms with Gasteiger partial charge in [-0.15, -0.1) is 0 Å². The molecule has 17 atom stereocenters. The van der Waals surface area contributed by atoms with Crippen molar-refractivity contribution in [1.29, 1.82) is 0 Å². The van der Waals surface area contributed by atoms with Crippen LogP contribution >= 0.6 is 0 Å². The van der Waals surface area contributed by atoms with Crippen molar-refractivity contribution in [2.45, 2.75) is 330 Å². The predicted molar refractivity (Wildman–Crippen MR) is 296 cm³/mol. The Hall–Kier alpha value is -1.47. The van der Waals surface area contributed by atoms with Gasteiger partial charge >= 0.3 is 0 Å². The van der Waals surface area contributed by atoms with Crippen molar-refractivity contribution in [2.75, 3.05) is 26.4 Å². The molecule has 0 radical (unpaired) electrons. The lowest BCUT2D eigenvalue weighted by molar-refractivity contribution is -0.379. The minimum absolute atomic E-state index is 0.231. The lowest BCUT2D eigenvalue weighted by Crippen LogP contribution is -2.66. The second-order valence-corrected chi connectivity index (χ2v) is 22.5. The molecule has 17 unspecified atom stereocenters. The third-order valence-electron chi connectivity index (χ3n) is 15.8. The number of rotatable bonds is 46. The molecule has 19 heteroatoms. The van der Waals surface area contributed by atoms with Crippen LogP contribution in [-0.4, -0.2) is 193 Å². The lowest BCUT2D eigenvalue weighted by atomic mass is 9.96. The van der Waals surface area contributed by atoms with Gasteiger partial charge in [-0.3, -0.25) is 4.79 Å². The summed E-state index contributed by atoms with van der Waals surface area (Å²) in [6.07, 6.45) is 17.8. The van der Waals surface area contributed by atoms with Crippen molar-refractivity contribution >= 4 is 5.91 Å². The van der Waals surface area contributed by atoms with Crippen LogP contribution in [0, 0.1) is 0 Å². The Labute approximate surface area is 467 Å². The summed E-state index contributed by atoms with van der Waals surface area (Å²) in [7, 11) is 0. The summed E-state index contributed by atoms with van der Waals surface area (Å²) < 4.78 is 34.0. The zero-order chi connectivity index (χ0) is 56.9. The van der Waals surface area contributed by atoms with Gasteiger partial charge in [0, 0.05) is 6.42 Å². The van der Waals surface area contributed by atoms with Gasteiger partial charge in [0.2, 0.25) is 5.91 Å². The topological polar surface area (TPSA) is 307 Å². The van der Waals surface area contributed by atoms with E-state index >= 15 is 0 Å². The first-order valence-electron chi connectivity index (χ1n) is 30.9. The summed E-state index contributed by atoms with van der Waals surface area (Å²) in [6, 6.07) is -0.964. The number of unbranched alkanes of at least 4 members (excludes halogenated alkanes) is 30. The first kappa shape index (κ1) is 70.8. The van der Waals surface area contributed by atoms with E-state index in [2.05, 4.69) is 12.2 Å². The zero-order valence-corrected chi connectivity index (χ0v) is 47.9. The summed E-state index contributed by atoms with van der Waals surface area (Å²) in [4.78, 5) is 12.9. The average molecular weight is 1120 g/mol. The fraction of sp³-hybridized carbons (Fsp3) is 0.949. The van der Waals surface area contributed by atoms with Gasteiger partial charge < -0.3 is 89.9 Å². The van der Waals surface area contributed by atoms with Crippen molar-refractivity contribution in [3.63, 3.8) is 0 Å². The molecule has 3 aliphatic rings. The zero-order valence-electron chi connectivity index (χ0n) is 47.9. The van der Waals surface area contributed by atoms with Crippen LogP contribution in [0.15, 0.2) is 12.2 Å². The van der Waals surface area contributed by atoms with Gasteiger partial charge in [-0.05, 0) is 19.3 Å². The van der Waals surface area contributed by atoms with Gasteiger partial charge in [-0.1, -0.05) is 212 Å². The van der Waals surface area contributed by atoms with Gasteiger partial charge in [0.05, 0.1) is 38.6 Å². The van der Waals surface area contributed by atoms with Crippen molar-refractivity contribution in [2.24, 2.45) is 0 Å². The van der Waals surface area contributed by atoms with Gasteiger partial charge in [0.25, 0.3) is 0 Å². The average Bonchev–Trinajstić information content (AvgIpc) is 3.48. The fourth-order valence-corrected chi connectivity index (χ4v) is 10.7. The maximum absolute atomic E-state index is 12.9. The monoisotopic (exact) mass is 1120 g/mol. The lowest BCUT2D eigenvalue weighted by Gasteiger charge is -2.48. The molecule has 0 aliphatic carbocycles. The summed E-state index contributed by atoms with van der Waals surface area (Å²) in [5.74, 6) is -0.299. The molecule has 3 fully saturated rings. The number of carbonyl (C=O) groups is 1. The third kappa shape index (κ3) is 26.8. The molecule has 19 nitrogen and oxygen atoms in total. The van der Waals surface area contributed by atoms with Crippen LogP contribution in [0.2, 0.25) is 0 Å². The molecule has 0 aromatic rings. The number of nitrogens with one attached hydrogen (secondary N) is 1. The van der Waals surface area contributed by atoms with Crippen LogP contribution in [0.25, 0.3) is 0 Å². The minimum Gasteiger partial charge on any atom is -0.394 e. The summed E-state index contributed by atoms with van der Waals surface area (Å²) in [5.41, 5.74) is 0. The number of aliphatic hydroxyl groups is 11. The fourth-order valence-electron chi connectivity index (χ4n) is 10.7. The van der Waals surface area contributed by atoms with Crippen LogP contribution in [0.4, 0.5) is 0 Å². The molecule has 1 amide bonds. The van der Waals surface area contributed by atoms with E-state index in [1.54, 1.807) is 6.08 Å². The third-order valence-corrected chi connectivity index (χ3v) is 15.8. The Morgan fingerprint density at radius 1 is 0.449 bits per heavy atom. The van der Waals surface area contributed by atoms with Gasteiger partial charge in [-0.2, -0.15) is 0 Å². The summed E-state index contributed by atoms with van der Waals surface area (Å²) in [6.45, 7) is 1.54. The van der Waals surface area contributed by atoms with Crippen molar-refractivity contribution in [1.82, 2.24) is 5.32 Å². The Bertz CT molecular complexity index is 1480. The Morgan fingerprint density at radius 2 is 0.795 bits per heavy atom. The molecule has 3 saturated heterocycles. The van der Waals surface area contributed by atoms with Crippen LogP contribution in [0.1, 0.15) is 226 Å². The molecule has 3 rings (SSSR count). The maximum Gasteiger partial charge on any atom is 0.220 e. The Morgan fingerprint density at radius 3 is 1.21 bits per heavy atom. The second kappa shape index (κ2) is 43.2. The summed E-state index contributed by atoms with van der Waals surface area (Å²) >= 11 is 0. The molecule has 0 saturated carbocycles. The standard InChI is InChI=1S/C59H111NO18/c1-3-5-7-8-9-10-11-12-13-14-15-16-17-18-19-20-21-22-23-24-25-26-27-28-29-30-31-32-33-35-36-43(64)42(60-47(65)37-34-6-4-2)41-73-57-53(71)50(68)55(45(39-62)75-57)78-59-54(72)51(69)56(46(40-63)76-59)77-58-52(70)49(67)48(66)44(38-61)74-58/h35-36,42-46,48-59,61-64,66-72H,3-34,37-41H2,1-2H3,(H,60,65)/b36-35+. The minimum atomic E-state index is -1.97. The first-order valence-corrected chi connectivity index (χ1v) is 30.9. The van der Waals surface area contributed by atoms with Crippen molar-refractivity contribution in [3.8, 4) is 0 Å². The molecule has 0 aromatic carbocycles. The number of carbonyl (C=O) groups excluding carboxylic acids is 1. The number of ether oxygens (including phenoxy) is 6. The van der Waals surface area contributed by atoms with Crippen molar-refractivity contribution < 1.29 is 89.4 Å². The first-order chi connectivity index (χ1) is 37.8. The van der Waals surface area contributed by atoms with E-state index in [1.807, 2.05) is 13.0 Å². The van der Waals surface area contributed by atoms with E-state index in [0.29, 0.717) is 6.42 Å². The molecule has 78 heavy (non-hydrogen) atoms. The molecular weight excluding hydrogens is 1010 g/mol. The molecule has 0 bridgehead atoms. The number of aliphatic hydroxyl groups excluding tert-OH is 11. The van der Waals surface area contributed by atoms with Crippen LogP contribution in [0.5, 0.6) is 0 Å². The molecule has 0 aromatic heterocycles. The van der Waals surface area contributed by atoms with E-state index in [4.69, 9.17) is 28.4 Å². The van der Waals surface area contributed by atoms with Crippen molar-refractivity contribution in [3.05, 3.63) is 12.2 Å². The van der Waals surface area contributed by atoms with Gasteiger partial charge in [0.1, 0.15) is 73.2 Å². The SMILES string of the molecule is CCCCCCCCCCCCCCCCCCCCCCCCCCCCCC/C=C/C(O)C(COC1OC(CO)C(OC2OC(CO)C(OC3OC(CO)C(O)C(O)C3O)C(O)C2O)C(O)C1O)NC(=O)CCCCC. The molecule has 460 valence electrons. The van der Waals surface area contributed by atoms with E-state index in [1.165, 1.54) is 161 Å². The molecule has 3 heterocycles. The highest BCUT2D eigenvalue weighted by Gasteiger charge is 2.53. The number of allylic oxidation sites excluding steroid dienone is 1. The Balaban J connectivity index is 1.31. The number of hydrogen-bond acceptors (Lipinski definition) is 18. The number of hydrogen-bond donors (Lipinski definition) is 12. The summed E-state index contributed by atoms with van der Waals surface area (Å²) in [5, 5.41) is 119. The largest absolute Gasteiger partial charge is 0.394 e. The van der Waals surface area contributed by atoms with E-state index in [-0.39, 0.29) is 18.9 Å². The number of amides is 1. The molecule has 12 N–H and O–H groups in total. The smallest absolute Gasteiger partial charge is 0.220 e. The van der Waals surface area contributed by atoms with Gasteiger partial charge in [0.15, 0.2) is 18.9 Å². The van der Waals surface area contributed by atoms with Crippen LogP contribution < -0.4 is 5.32 Å². The van der Waals surface area contributed by atoms with E-state index in [0.717, 1.165) is 38.5 Å². The van der Waals surface area contributed by atoms with Gasteiger partial charge in [-0.25, -0.2) is 0 Å². The van der Waals surface area contributed by atoms with E-state index in [9.17, 15) is 61.0 Å². The predicted octanol–water partition coefficient (Wildman–Crippen LogP) is 5.77. The highest BCUT2D eigenvalue weighted by Crippen LogP contribution is 2.33. The molecular formula is C59H111NO18. The molecule has 3 aliphatic heterocycles. The highest BCUT2D eigenvalue weighted by molar-refractivity contribution is 5.76. The van der Waals surface area contributed by atoms with Crippen LogP contribution in [-0.2, 0) is 33.2 Å². The quantitative estimate of drug-likeness (QED) is 0.0254. The second-order valence-electron chi connectivity index (χ2n) is 22.5. The molecule has 0 spiro atoms.